The molecule has 8 heteroatoms. The molecular formula is C16H18N6O2. The molecule has 8 nitrogen and oxygen atoms in total. The highest BCUT2D eigenvalue weighted by molar-refractivity contribution is 5.74. The topological polar surface area (TPSA) is 99.2 Å². The summed E-state index contributed by atoms with van der Waals surface area (Å²) in [5, 5.41) is 4.46. The summed E-state index contributed by atoms with van der Waals surface area (Å²) in [5.41, 5.74) is 1.62. The molecule has 0 bridgehead atoms. The minimum absolute atomic E-state index is 0.335. The zero-order chi connectivity index (χ0) is 16.5. The van der Waals surface area contributed by atoms with Gasteiger partial charge in [0.1, 0.15) is 5.69 Å². The number of imidazole rings is 1. The molecule has 0 spiro atoms. The molecule has 124 valence electrons. The zero-order valence-corrected chi connectivity index (χ0v) is 13.2. The third kappa shape index (κ3) is 2.60. The third-order valence-corrected chi connectivity index (χ3v) is 4.38. The first-order chi connectivity index (χ1) is 11.7. The van der Waals surface area contributed by atoms with E-state index in [0.29, 0.717) is 11.3 Å². The van der Waals surface area contributed by atoms with Crippen LogP contribution in [0.15, 0.2) is 34.2 Å². The van der Waals surface area contributed by atoms with Crippen molar-refractivity contribution in [3.8, 4) is 11.3 Å². The lowest BCUT2D eigenvalue weighted by Gasteiger charge is -2.23. The minimum Gasteiger partial charge on any atom is -0.368 e. The van der Waals surface area contributed by atoms with Crippen molar-refractivity contribution in [2.24, 2.45) is 0 Å². The van der Waals surface area contributed by atoms with Crippen molar-refractivity contribution in [1.29, 1.82) is 0 Å². The van der Waals surface area contributed by atoms with Crippen LogP contribution in [0.2, 0.25) is 0 Å². The third-order valence-electron chi connectivity index (χ3n) is 4.38. The van der Waals surface area contributed by atoms with E-state index in [4.69, 9.17) is 0 Å². The number of anilines is 1. The number of nitrogens with one attached hydrogen (secondary N) is 2. The number of aromatic nitrogens is 5. The van der Waals surface area contributed by atoms with Gasteiger partial charge in [0.15, 0.2) is 5.65 Å². The van der Waals surface area contributed by atoms with E-state index in [-0.39, 0.29) is 0 Å². The number of aromatic amines is 2. The van der Waals surface area contributed by atoms with E-state index < -0.39 is 11.2 Å². The lowest BCUT2D eigenvalue weighted by Crippen LogP contribution is -2.26. The van der Waals surface area contributed by atoms with Gasteiger partial charge in [-0.1, -0.05) is 12.8 Å². The number of rotatable bonds is 2. The maximum absolute atomic E-state index is 12.1. The summed E-state index contributed by atoms with van der Waals surface area (Å²) in [6, 6.07) is 1.89. The molecular weight excluding hydrogens is 308 g/mol. The highest BCUT2D eigenvalue weighted by Gasteiger charge is 2.17. The second-order valence-corrected chi connectivity index (χ2v) is 6.00. The molecule has 24 heavy (non-hydrogen) atoms. The Morgan fingerprint density at radius 2 is 1.88 bits per heavy atom. The van der Waals surface area contributed by atoms with Gasteiger partial charge in [-0.3, -0.25) is 9.78 Å². The van der Waals surface area contributed by atoms with Crippen LogP contribution in [-0.2, 0) is 0 Å². The number of nitrogens with zero attached hydrogens (tertiary/aromatic N) is 4. The summed E-state index contributed by atoms with van der Waals surface area (Å²) in [4.78, 5) is 34.8. The van der Waals surface area contributed by atoms with E-state index in [2.05, 4.69) is 25.0 Å². The van der Waals surface area contributed by atoms with E-state index in [1.165, 1.54) is 19.0 Å². The largest absolute Gasteiger partial charge is 0.368 e. The van der Waals surface area contributed by atoms with Crippen LogP contribution < -0.4 is 16.1 Å². The molecule has 3 aromatic rings. The summed E-state index contributed by atoms with van der Waals surface area (Å²) >= 11 is 0. The van der Waals surface area contributed by atoms with Gasteiger partial charge in [0, 0.05) is 31.7 Å². The predicted octanol–water partition coefficient (Wildman–Crippen LogP) is 1.15. The second-order valence-electron chi connectivity index (χ2n) is 6.00. The Morgan fingerprint density at radius 3 is 2.62 bits per heavy atom. The number of fused-ring (bicyclic) bond motifs is 1. The van der Waals surface area contributed by atoms with E-state index in [0.717, 1.165) is 37.3 Å². The average Bonchev–Trinajstić information content (AvgIpc) is 2.87. The molecule has 0 aromatic carbocycles. The fraction of sp³-hybridized carbons (Fsp3) is 0.375. The molecule has 1 saturated heterocycles. The average molecular weight is 326 g/mol. The SMILES string of the molecule is O=c1[nH]cc(-c2cc(N3CCCCCC3)c3nccn3n2)c(=O)[nH]1. The predicted molar refractivity (Wildman–Crippen MR) is 90.3 cm³/mol. The lowest BCUT2D eigenvalue weighted by atomic mass is 10.2. The number of hydrogen-bond donors (Lipinski definition) is 2. The van der Waals surface area contributed by atoms with Gasteiger partial charge in [-0.25, -0.2) is 14.3 Å². The molecule has 1 aliphatic rings. The Hall–Kier alpha value is -2.90. The van der Waals surface area contributed by atoms with Gasteiger partial charge < -0.3 is 9.88 Å². The molecule has 0 radical (unpaired) electrons. The van der Waals surface area contributed by atoms with E-state index in [1.54, 1.807) is 16.9 Å². The van der Waals surface area contributed by atoms with Crippen molar-refractivity contribution < 1.29 is 0 Å². The van der Waals surface area contributed by atoms with Crippen molar-refractivity contribution in [2.75, 3.05) is 18.0 Å². The first kappa shape index (κ1) is 14.7. The van der Waals surface area contributed by atoms with Crippen molar-refractivity contribution in [2.45, 2.75) is 25.7 Å². The van der Waals surface area contributed by atoms with Gasteiger partial charge in [0.05, 0.1) is 11.3 Å². The molecule has 0 saturated carbocycles. The van der Waals surface area contributed by atoms with Crippen molar-refractivity contribution >= 4 is 11.3 Å². The first-order valence-electron chi connectivity index (χ1n) is 8.14. The first-order valence-corrected chi connectivity index (χ1v) is 8.14. The maximum Gasteiger partial charge on any atom is 0.325 e. The molecule has 0 atom stereocenters. The van der Waals surface area contributed by atoms with Crippen LogP contribution in [0.3, 0.4) is 0 Å². The number of hydrogen-bond acceptors (Lipinski definition) is 5. The molecule has 1 fully saturated rings. The Labute approximate surface area is 137 Å². The van der Waals surface area contributed by atoms with Gasteiger partial charge in [0.25, 0.3) is 5.56 Å². The van der Waals surface area contributed by atoms with Crippen LogP contribution in [0.4, 0.5) is 5.69 Å². The molecule has 0 aliphatic carbocycles. The van der Waals surface area contributed by atoms with Crippen LogP contribution in [-0.4, -0.2) is 37.7 Å². The fourth-order valence-corrected chi connectivity index (χ4v) is 3.18. The van der Waals surface area contributed by atoms with Gasteiger partial charge in [-0.2, -0.15) is 5.10 Å². The Kier molecular flexibility index (Phi) is 3.64. The summed E-state index contributed by atoms with van der Waals surface area (Å²) in [6.45, 7) is 1.93. The van der Waals surface area contributed by atoms with Gasteiger partial charge in [0.2, 0.25) is 0 Å². The van der Waals surface area contributed by atoms with Crippen molar-refractivity contribution in [1.82, 2.24) is 24.6 Å². The van der Waals surface area contributed by atoms with Crippen molar-refractivity contribution in [3.63, 3.8) is 0 Å². The van der Waals surface area contributed by atoms with Gasteiger partial charge in [-0.05, 0) is 18.9 Å². The summed E-state index contributed by atoms with van der Waals surface area (Å²) in [7, 11) is 0. The van der Waals surface area contributed by atoms with Crippen LogP contribution >= 0.6 is 0 Å². The molecule has 3 aromatic heterocycles. The molecule has 2 N–H and O–H groups in total. The van der Waals surface area contributed by atoms with Gasteiger partial charge in [-0.15, -0.1) is 0 Å². The molecule has 4 rings (SSSR count). The lowest BCUT2D eigenvalue weighted by molar-refractivity contribution is 0.726. The monoisotopic (exact) mass is 326 g/mol. The maximum atomic E-state index is 12.1. The van der Waals surface area contributed by atoms with E-state index >= 15 is 0 Å². The standard InChI is InChI=1S/C16H18N6O2/c23-15-11(10-18-16(24)19-15)12-9-13(14-17-5-8-22(14)20-12)21-6-3-1-2-4-7-21/h5,8-10H,1-4,6-7H2,(H2,18,19,23,24). The van der Waals surface area contributed by atoms with Crippen LogP contribution in [0.25, 0.3) is 16.9 Å². The Balaban J connectivity index is 1.88. The quantitative estimate of drug-likeness (QED) is 0.736. The van der Waals surface area contributed by atoms with Gasteiger partial charge >= 0.3 is 5.69 Å². The van der Waals surface area contributed by atoms with Crippen LogP contribution in [0, 0.1) is 0 Å². The highest BCUT2D eigenvalue weighted by atomic mass is 16.2. The molecule has 4 heterocycles. The number of H-pyrrole nitrogens is 2. The smallest absolute Gasteiger partial charge is 0.325 e. The van der Waals surface area contributed by atoms with Crippen LogP contribution in [0.5, 0.6) is 0 Å². The molecule has 0 unspecified atom stereocenters. The van der Waals surface area contributed by atoms with Crippen molar-refractivity contribution in [3.05, 3.63) is 45.5 Å². The summed E-state index contributed by atoms with van der Waals surface area (Å²) in [6.07, 6.45) is 9.62. The molecule has 1 aliphatic heterocycles. The normalized spacial score (nSPS) is 15.6. The van der Waals surface area contributed by atoms with E-state index in [1.807, 2.05) is 6.07 Å². The highest BCUT2D eigenvalue weighted by Crippen LogP contribution is 2.26. The van der Waals surface area contributed by atoms with Crippen LogP contribution in [0.1, 0.15) is 25.7 Å². The van der Waals surface area contributed by atoms with E-state index in [9.17, 15) is 9.59 Å². The minimum atomic E-state index is -0.528. The summed E-state index contributed by atoms with van der Waals surface area (Å²) < 4.78 is 1.68. The zero-order valence-electron chi connectivity index (χ0n) is 13.2. The Bertz CT molecular complexity index is 978. The second kappa shape index (κ2) is 5.95. The Morgan fingerprint density at radius 1 is 1.08 bits per heavy atom. The molecule has 0 amide bonds. The summed E-state index contributed by atoms with van der Waals surface area (Å²) in [5.74, 6) is 0. The fourth-order valence-electron chi connectivity index (χ4n) is 3.18.